The fourth-order valence-corrected chi connectivity index (χ4v) is 11.2. The van der Waals surface area contributed by atoms with E-state index in [4.69, 9.17) is 4.74 Å². The summed E-state index contributed by atoms with van der Waals surface area (Å²) in [4.78, 5) is 24.5. The van der Waals surface area contributed by atoms with Gasteiger partial charge in [-0.3, -0.25) is 9.59 Å². The van der Waals surface area contributed by atoms with Crippen molar-refractivity contribution in [2.24, 2.45) is 0 Å². The zero-order valence-electron chi connectivity index (χ0n) is 51.8. The van der Waals surface area contributed by atoms with Crippen molar-refractivity contribution in [3.63, 3.8) is 0 Å². The number of aliphatic hydroxyl groups is 2. The second kappa shape index (κ2) is 66.1. The monoisotopic (exact) mass is 1070 g/mol. The molecule has 6 nitrogen and oxygen atoms in total. The van der Waals surface area contributed by atoms with Crippen LogP contribution >= 0.6 is 0 Å². The van der Waals surface area contributed by atoms with Crippen molar-refractivity contribution in [3.05, 3.63) is 12.2 Å². The number of aliphatic hydroxyl groups excluding tert-OH is 2. The summed E-state index contributed by atoms with van der Waals surface area (Å²) in [6, 6.07) is -0.537. The van der Waals surface area contributed by atoms with Gasteiger partial charge < -0.3 is 20.3 Å². The molecular formula is C70H137NO5. The normalized spacial score (nSPS) is 12.5. The Morgan fingerprint density at radius 3 is 0.934 bits per heavy atom. The molecule has 0 heterocycles. The third-order valence-corrected chi connectivity index (χ3v) is 16.6. The number of rotatable bonds is 66. The summed E-state index contributed by atoms with van der Waals surface area (Å²) in [6.07, 6.45) is 81.3. The lowest BCUT2D eigenvalue weighted by molar-refractivity contribution is -0.143. The average Bonchev–Trinajstić information content (AvgIpc) is 3.42. The molecule has 0 rings (SSSR count). The maximum atomic E-state index is 12.5. The van der Waals surface area contributed by atoms with Gasteiger partial charge in [0.15, 0.2) is 0 Å². The van der Waals surface area contributed by atoms with Gasteiger partial charge in [-0.15, -0.1) is 0 Å². The van der Waals surface area contributed by atoms with Crippen LogP contribution in [0.15, 0.2) is 12.2 Å². The zero-order chi connectivity index (χ0) is 55.0. The van der Waals surface area contributed by atoms with Crippen LogP contribution in [0.25, 0.3) is 0 Å². The van der Waals surface area contributed by atoms with E-state index in [0.717, 1.165) is 38.5 Å². The first-order valence-corrected chi connectivity index (χ1v) is 34.9. The van der Waals surface area contributed by atoms with Crippen LogP contribution < -0.4 is 5.32 Å². The first kappa shape index (κ1) is 74.6. The van der Waals surface area contributed by atoms with Crippen molar-refractivity contribution in [1.82, 2.24) is 5.32 Å². The topological polar surface area (TPSA) is 95.9 Å². The number of allylic oxidation sites excluding steroid dienone is 2. The summed E-state index contributed by atoms with van der Waals surface area (Å²) in [5.74, 6) is -0.00796. The number of ether oxygens (including phenoxy) is 1. The molecule has 0 aromatic heterocycles. The van der Waals surface area contributed by atoms with E-state index < -0.39 is 12.1 Å². The van der Waals surface area contributed by atoms with Crippen molar-refractivity contribution in [2.45, 2.75) is 411 Å². The lowest BCUT2D eigenvalue weighted by Crippen LogP contribution is -2.45. The minimum atomic E-state index is -0.660. The Bertz CT molecular complexity index is 1140. The van der Waals surface area contributed by atoms with Crippen LogP contribution in [-0.4, -0.2) is 47.4 Å². The Morgan fingerprint density at radius 1 is 0.355 bits per heavy atom. The van der Waals surface area contributed by atoms with E-state index in [1.54, 1.807) is 0 Å². The molecule has 76 heavy (non-hydrogen) atoms. The van der Waals surface area contributed by atoms with Crippen LogP contribution in [-0.2, 0) is 14.3 Å². The molecule has 452 valence electrons. The summed E-state index contributed by atoms with van der Waals surface area (Å²) in [6.45, 7) is 4.98. The first-order valence-electron chi connectivity index (χ1n) is 34.9. The van der Waals surface area contributed by atoms with Crippen LogP contribution in [0.5, 0.6) is 0 Å². The molecule has 0 spiro atoms. The molecule has 6 heteroatoms. The number of carbonyl (C=O) groups excluding carboxylic acids is 2. The molecule has 0 aromatic rings. The van der Waals surface area contributed by atoms with E-state index in [9.17, 15) is 19.8 Å². The summed E-state index contributed by atoms with van der Waals surface area (Å²) in [5, 5.41) is 23.3. The highest BCUT2D eigenvalue weighted by atomic mass is 16.5. The van der Waals surface area contributed by atoms with Gasteiger partial charge in [0, 0.05) is 12.8 Å². The maximum Gasteiger partial charge on any atom is 0.305 e. The quantitative estimate of drug-likeness (QED) is 0.0320. The molecule has 0 saturated heterocycles. The van der Waals surface area contributed by atoms with E-state index in [-0.39, 0.29) is 18.5 Å². The van der Waals surface area contributed by atoms with Gasteiger partial charge in [-0.05, 0) is 51.4 Å². The Labute approximate surface area is 476 Å². The highest BCUT2D eigenvalue weighted by Crippen LogP contribution is 2.19. The molecular weight excluding hydrogens is 935 g/mol. The number of hydrogen-bond acceptors (Lipinski definition) is 5. The molecule has 0 fully saturated rings. The maximum absolute atomic E-state index is 12.5. The van der Waals surface area contributed by atoms with Gasteiger partial charge in [0.05, 0.1) is 25.4 Å². The van der Waals surface area contributed by atoms with Gasteiger partial charge in [-0.25, -0.2) is 0 Å². The van der Waals surface area contributed by atoms with Gasteiger partial charge in [-0.2, -0.15) is 0 Å². The van der Waals surface area contributed by atoms with Crippen LogP contribution in [0.2, 0.25) is 0 Å². The Morgan fingerprint density at radius 2 is 0.618 bits per heavy atom. The second-order valence-electron chi connectivity index (χ2n) is 24.2. The van der Waals surface area contributed by atoms with E-state index >= 15 is 0 Å². The molecule has 0 aliphatic rings. The Balaban J connectivity index is 3.31. The standard InChI is InChI=1S/C70H137NO5/c1-3-5-7-9-11-13-15-42-46-50-54-58-62-68(73)67(66-72)71-69(74)63-59-55-51-47-43-40-38-36-34-32-30-28-26-24-22-20-18-17-19-21-23-25-27-29-31-33-35-37-39-41-45-49-53-57-61-65-76-70(75)64-60-56-52-48-44-16-14-12-10-8-6-4-2/h19,21,67-68,72-73H,3-18,20,22-66H2,1-2H3,(H,71,74)/b21-19-. The molecule has 0 aliphatic heterocycles. The predicted octanol–water partition coefficient (Wildman–Crippen LogP) is 22.4. The van der Waals surface area contributed by atoms with Gasteiger partial charge in [0.25, 0.3) is 0 Å². The molecule has 3 N–H and O–H groups in total. The van der Waals surface area contributed by atoms with E-state index in [2.05, 4.69) is 31.3 Å². The predicted molar refractivity (Wildman–Crippen MR) is 333 cm³/mol. The van der Waals surface area contributed by atoms with Crippen LogP contribution in [0, 0.1) is 0 Å². The third kappa shape index (κ3) is 61.8. The zero-order valence-corrected chi connectivity index (χ0v) is 51.8. The van der Waals surface area contributed by atoms with Gasteiger partial charge in [0.2, 0.25) is 5.91 Å². The summed E-state index contributed by atoms with van der Waals surface area (Å²) in [7, 11) is 0. The fourth-order valence-electron chi connectivity index (χ4n) is 11.2. The number of nitrogens with one attached hydrogen (secondary N) is 1. The number of hydrogen-bond donors (Lipinski definition) is 3. The SMILES string of the molecule is CCCCCCCCCCCCCCC(=O)OCCCCCCCCCCCCCCCC/C=C\CCCCCCCCCCCCCCCCCCCC(=O)NC(CO)C(O)CCCCCCCCCCCCCC. The molecule has 0 radical (unpaired) electrons. The number of unbranched alkanes of at least 4 members (excludes halogenated alkanes) is 53. The van der Waals surface area contributed by atoms with Gasteiger partial charge in [-0.1, -0.05) is 347 Å². The molecule has 2 atom stereocenters. The van der Waals surface area contributed by atoms with Gasteiger partial charge in [0.1, 0.15) is 0 Å². The van der Waals surface area contributed by atoms with E-state index in [0.29, 0.717) is 25.9 Å². The second-order valence-corrected chi connectivity index (χ2v) is 24.2. The third-order valence-electron chi connectivity index (χ3n) is 16.6. The Hall–Kier alpha value is -1.40. The molecule has 1 amide bonds. The fraction of sp³-hybridized carbons (Fsp3) is 0.943. The summed E-state index contributed by atoms with van der Waals surface area (Å²) < 4.78 is 5.48. The number of carbonyl (C=O) groups is 2. The van der Waals surface area contributed by atoms with Crippen LogP contribution in [0.3, 0.4) is 0 Å². The highest BCUT2D eigenvalue weighted by Gasteiger charge is 2.20. The molecule has 0 bridgehead atoms. The Kier molecular flexibility index (Phi) is 64.9. The van der Waals surface area contributed by atoms with Crippen LogP contribution in [0.1, 0.15) is 399 Å². The van der Waals surface area contributed by atoms with Gasteiger partial charge >= 0.3 is 5.97 Å². The van der Waals surface area contributed by atoms with E-state index in [1.807, 2.05) is 0 Å². The highest BCUT2D eigenvalue weighted by molar-refractivity contribution is 5.76. The average molecular weight is 1070 g/mol. The van der Waals surface area contributed by atoms with Crippen molar-refractivity contribution in [1.29, 1.82) is 0 Å². The van der Waals surface area contributed by atoms with E-state index in [1.165, 1.54) is 327 Å². The lowest BCUT2D eigenvalue weighted by Gasteiger charge is -2.22. The van der Waals surface area contributed by atoms with Crippen molar-refractivity contribution < 1.29 is 24.5 Å². The van der Waals surface area contributed by atoms with Crippen LogP contribution in [0.4, 0.5) is 0 Å². The smallest absolute Gasteiger partial charge is 0.305 e. The largest absolute Gasteiger partial charge is 0.466 e. The van der Waals surface area contributed by atoms with Crippen molar-refractivity contribution in [2.75, 3.05) is 13.2 Å². The summed E-state index contributed by atoms with van der Waals surface area (Å²) in [5.41, 5.74) is 0. The molecule has 2 unspecified atom stereocenters. The number of amides is 1. The summed E-state index contributed by atoms with van der Waals surface area (Å²) >= 11 is 0. The first-order chi connectivity index (χ1) is 37.5. The van der Waals surface area contributed by atoms with Crippen molar-refractivity contribution in [3.8, 4) is 0 Å². The molecule has 0 aliphatic carbocycles. The molecule has 0 saturated carbocycles. The lowest BCUT2D eigenvalue weighted by atomic mass is 10.0. The van der Waals surface area contributed by atoms with Crippen molar-refractivity contribution >= 4 is 11.9 Å². The minimum Gasteiger partial charge on any atom is -0.466 e. The minimum absolute atomic E-state index is 0.0216. The number of esters is 1. The molecule has 0 aromatic carbocycles.